The molecule has 27 heavy (non-hydrogen) atoms. The average Bonchev–Trinajstić information content (AvgIpc) is 3.22. The summed E-state index contributed by atoms with van der Waals surface area (Å²) in [6.07, 6.45) is 6.64. The molecule has 1 aromatic carbocycles. The molecule has 0 bridgehead atoms. The third kappa shape index (κ3) is 4.33. The number of amides is 3. The van der Waals surface area contributed by atoms with Gasteiger partial charge in [-0.3, -0.25) is 4.79 Å². The molecule has 0 atom stereocenters. The molecule has 0 saturated heterocycles. The second kappa shape index (κ2) is 8.13. The Morgan fingerprint density at radius 1 is 1.07 bits per heavy atom. The molecular formula is C21H25N3O2S. The zero-order valence-corrected chi connectivity index (χ0v) is 16.2. The van der Waals surface area contributed by atoms with E-state index in [1.807, 2.05) is 34.5 Å². The fourth-order valence-electron chi connectivity index (χ4n) is 3.96. The van der Waals surface area contributed by atoms with Crippen LogP contribution in [0.1, 0.15) is 52.9 Å². The third-order valence-electron chi connectivity index (χ3n) is 5.44. The van der Waals surface area contributed by atoms with Crippen molar-refractivity contribution in [1.29, 1.82) is 0 Å². The van der Waals surface area contributed by atoms with Gasteiger partial charge in [-0.25, -0.2) is 4.79 Å². The van der Waals surface area contributed by atoms with Gasteiger partial charge in [0, 0.05) is 24.8 Å². The number of rotatable bonds is 3. The summed E-state index contributed by atoms with van der Waals surface area (Å²) in [6.45, 7) is 1.32. The predicted molar refractivity (Wildman–Crippen MR) is 108 cm³/mol. The Morgan fingerprint density at radius 3 is 2.70 bits per heavy atom. The number of urea groups is 1. The Labute approximate surface area is 163 Å². The molecule has 2 N–H and O–H groups in total. The Kier molecular flexibility index (Phi) is 5.43. The monoisotopic (exact) mass is 383 g/mol. The van der Waals surface area contributed by atoms with Crippen LogP contribution in [0.2, 0.25) is 0 Å². The molecule has 4 rings (SSSR count). The quantitative estimate of drug-likeness (QED) is 0.825. The molecule has 3 amide bonds. The summed E-state index contributed by atoms with van der Waals surface area (Å²) in [7, 11) is 0. The highest BCUT2D eigenvalue weighted by molar-refractivity contribution is 7.12. The fraction of sp³-hybridized carbons (Fsp3) is 0.429. The lowest BCUT2D eigenvalue weighted by atomic mass is 9.96. The van der Waals surface area contributed by atoms with E-state index in [0.717, 1.165) is 41.9 Å². The van der Waals surface area contributed by atoms with Gasteiger partial charge < -0.3 is 15.5 Å². The van der Waals surface area contributed by atoms with Crippen molar-refractivity contribution in [2.45, 2.75) is 51.1 Å². The van der Waals surface area contributed by atoms with E-state index in [4.69, 9.17) is 0 Å². The van der Waals surface area contributed by atoms with E-state index in [9.17, 15) is 9.59 Å². The van der Waals surface area contributed by atoms with Gasteiger partial charge in [0.1, 0.15) is 0 Å². The molecule has 5 nitrogen and oxygen atoms in total. The van der Waals surface area contributed by atoms with Crippen LogP contribution in [0, 0.1) is 0 Å². The van der Waals surface area contributed by atoms with Gasteiger partial charge in [-0.05, 0) is 54.0 Å². The van der Waals surface area contributed by atoms with E-state index in [1.165, 1.54) is 36.2 Å². The van der Waals surface area contributed by atoms with Gasteiger partial charge in [-0.1, -0.05) is 31.4 Å². The number of benzene rings is 1. The predicted octanol–water partition coefficient (Wildman–Crippen LogP) is 4.40. The number of nitrogens with zero attached hydrogens (tertiary/aromatic N) is 1. The third-order valence-corrected chi connectivity index (χ3v) is 6.29. The van der Waals surface area contributed by atoms with E-state index < -0.39 is 0 Å². The smallest absolute Gasteiger partial charge is 0.319 e. The molecule has 0 radical (unpaired) electrons. The van der Waals surface area contributed by atoms with Crippen LogP contribution >= 0.6 is 11.3 Å². The topological polar surface area (TPSA) is 61.4 Å². The zero-order chi connectivity index (χ0) is 18.6. The summed E-state index contributed by atoms with van der Waals surface area (Å²) in [5, 5.41) is 7.97. The highest BCUT2D eigenvalue weighted by atomic mass is 32.1. The van der Waals surface area contributed by atoms with Crippen molar-refractivity contribution in [2.75, 3.05) is 11.9 Å². The molecule has 2 heterocycles. The van der Waals surface area contributed by atoms with Gasteiger partial charge >= 0.3 is 6.03 Å². The Hall–Kier alpha value is -2.34. The van der Waals surface area contributed by atoms with E-state index >= 15 is 0 Å². The second-order valence-electron chi connectivity index (χ2n) is 7.37. The lowest BCUT2D eigenvalue weighted by Gasteiger charge is -2.29. The maximum absolute atomic E-state index is 12.6. The minimum atomic E-state index is -0.135. The van der Waals surface area contributed by atoms with Gasteiger partial charge in [-0.15, -0.1) is 11.3 Å². The maximum Gasteiger partial charge on any atom is 0.319 e. The number of hydrogen-bond acceptors (Lipinski definition) is 3. The van der Waals surface area contributed by atoms with Gasteiger partial charge in [-0.2, -0.15) is 0 Å². The van der Waals surface area contributed by atoms with Crippen molar-refractivity contribution in [3.63, 3.8) is 0 Å². The molecule has 1 aliphatic carbocycles. The molecule has 6 heteroatoms. The van der Waals surface area contributed by atoms with Crippen LogP contribution in [-0.4, -0.2) is 29.4 Å². The number of hydrogen-bond donors (Lipinski definition) is 2. The summed E-state index contributed by atoms with van der Waals surface area (Å²) < 4.78 is 0. The normalized spacial score (nSPS) is 17.3. The summed E-state index contributed by atoms with van der Waals surface area (Å²) in [5.41, 5.74) is 3.15. The van der Waals surface area contributed by atoms with E-state index in [1.54, 1.807) is 0 Å². The van der Waals surface area contributed by atoms with Crippen LogP contribution in [-0.2, 0) is 13.0 Å². The minimum Gasteiger partial charge on any atom is -0.335 e. The Balaban J connectivity index is 1.40. The van der Waals surface area contributed by atoms with Crippen molar-refractivity contribution >= 4 is 29.0 Å². The average molecular weight is 384 g/mol. The molecule has 0 spiro atoms. The van der Waals surface area contributed by atoms with Crippen molar-refractivity contribution in [3.05, 3.63) is 51.7 Å². The molecule has 2 aliphatic rings. The second-order valence-corrected chi connectivity index (χ2v) is 8.32. The number of fused-ring (bicyclic) bond motifs is 1. The van der Waals surface area contributed by atoms with Crippen LogP contribution in [0.15, 0.2) is 35.7 Å². The minimum absolute atomic E-state index is 0.0871. The summed E-state index contributed by atoms with van der Waals surface area (Å²) in [5.74, 6) is 0.0871. The SMILES string of the molecule is O=C(Nc1ccc2c(c1)CN(C(=O)c1cccs1)CC2)NC1CCCCC1. The molecule has 1 aliphatic heterocycles. The molecular weight excluding hydrogens is 358 g/mol. The molecule has 1 aromatic heterocycles. The number of carbonyl (C=O) groups is 2. The van der Waals surface area contributed by atoms with E-state index in [2.05, 4.69) is 16.7 Å². The summed E-state index contributed by atoms with van der Waals surface area (Å²) >= 11 is 1.48. The molecule has 2 aromatic rings. The standard InChI is InChI=1S/C21H25N3O2S/c25-20(19-7-4-12-27-19)24-11-10-15-8-9-18(13-16(15)14-24)23-21(26)22-17-5-2-1-3-6-17/h4,7-9,12-13,17H,1-3,5-6,10-11,14H2,(H2,22,23,26). The van der Waals surface area contributed by atoms with E-state index in [0.29, 0.717) is 6.54 Å². The summed E-state index contributed by atoms with van der Waals surface area (Å²) in [6, 6.07) is 9.95. The molecule has 1 saturated carbocycles. The lowest BCUT2D eigenvalue weighted by Crippen LogP contribution is -2.39. The number of nitrogens with one attached hydrogen (secondary N) is 2. The van der Waals surface area contributed by atoms with Crippen LogP contribution in [0.4, 0.5) is 10.5 Å². The van der Waals surface area contributed by atoms with Gasteiger partial charge in [0.25, 0.3) is 5.91 Å². The highest BCUT2D eigenvalue weighted by Crippen LogP contribution is 2.25. The number of anilines is 1. The van der Waals surface area contributed by atoms with E-state index in [-0.39, 0.29) is 18.0 Å². The van der Waals surface area contributed by atoms with Crippen molar-refractivity contribution in [1.82, 2.24) is 10.2 Å². The molecule has 142 valence electrons. The van der Waals surface area contributed by atoms with Gasteiger partial charge in [0.2, 0.25) is 0 Å². The van der Waals surface area contributed by atoms with Crippen molar-refractivity contribution in [3.8, 4) is 0 Å². The van der Waals surface area contributed by atoms with Crippen LogP contribution in [0.25, 0.3) is 0 Å². The zero-order valence-electron chi connectivity index (χ0n) is 15.4. The first-order chi connectivity index (χ1) is 13.2. The lowest BCUT2D eigenvalue weighted by molar-refractivity contribution is 0.0739. The van der Waals surface area contributed by atoms with Gasteiger partial charge in [0.05, 0.1) is 4.88 Å². The Bertz CT molecular complexity index is 813. The fourth-order valence-corrected chi connectivity index (χ4v) is 4.65. The first-order valence-corrected chi connectivity index (χ1v) is 10.6. The highest BCUT2D eigenvalue weighted by Gasteiger charge is 2.23. The van der Waals surface area contributed by atoms with Crippen LogP contribution < -0.4 is 10.6 Å². The number of carbonyl (C=O) groups excluding carboxylic acids is 2. The molecule has 0 unspecified atom stereocenters. The number of thiophene rings is 1. The Morgan fingerprint density at radius 2 is 1.93 bits per heavy atom. The van der Waals surface area contributed by atoms with Crippen molar-refractivity contribution in [2.24, 2.45) is 0 Å². The first-order valence-electron chi connectivity index (χ1n) is 9.71. The van der Waals surface area contributed by atoms with Gasteiger partial charge in [0.15, 0.2) is 0 Å². The maximum atomic E-state index is 12.6. The van der Waals surface area contributed by atoms with Crippen molar-refractivity contribution < 1.29 is 9.59 Å². The largest absolute Gasteiger partial charge is 0.335 e. The van der Waals surface area contributed by atoms with Crippen LogP contribution in [0.3, 0.4) is 0 Å². The van der Waals surface area contributed by atoms with Crippen LogP contribution in [0.5, 0.6) is 0 Å². The molecule has 1 fully saturated rings. The summed E-state index contributed by atoms with van der Waals surface area (Å²) in [4.78, 5) is 27.6. The first kappa shape index (κ1) is 18.0.